The minimum absolute atomic E-state index is 0.0647. The number of aliphatic hydroxyl groups is 1. The van der Waals surface area contributed by atoms with E-state index < -0.39 is 111 Å². The molecule has 66 heavy (non-hydrogen) atoms. The molecule has 0 radical (unpaired) electrons. The second-order valence-electron chi connectivity index (χ2n) is 15.7. The maximum atomic E-state index is 13.6. The zero-order valence-electron chi connectivity index (χ0n) is 37.0. The van der Waals surface area contributed by atoms with Crippen molar-refractivity contribution in [1.29, 1.82) is 0 Å². The van der Waals surface area contributed by atoms with Gasteiger partial charge in [-0.15, -0.1) is 0 Å². The van der Waals surface area contributed by atoms with Gasteiger partial charge >= 0.3 is 17.9 Å². The fourth-order valence-electron chi connectivity index (χ4n) is 6.35. The summed E-state index contributed by atoms with van der Waals surface area (Å²) in [5, 5.41) is 52.2. The molecule has 0 saturated heterocycles. The number of imide groups is 1. The number of carboxylic acids is 3. The third-order valence-corrected chi connectivity index (χ3v) is 9.80. The molecule has 24 heteroatoms. The van der Waals surface area contributed by atoms with Crippen LogP contribution in [-0.4, -0.2) is 178 Å². The molecule has 10 N–H and O–H groups in total. The Kier molecular flexibility index (Phi) is 24.8. The van der Waals surface area contributed by atoms with Gasteiger partial charge in [-0.25, -0.2) is 0 Å². The van der Waals surface area contributed by atoms with Crippen LogP contribution in [0.4, 0.5) is 5.69 Å². The monoisotopic (exact) mass is 931 g/mol. The molecule has 2 rings (SSSR count). The van der Waals surface area contributed by atoms with Gasteiger partial charge in [-0.3, -0.25) is 67.4 Å². The molecule has 0 bridgehead atoms. The SMILES string of the molecule is CC(C)[C@H](NC(=O)CNC(=O)CNC(=O)CCCCCN1C(=O)C=CC1=O)C(=O)N[C@@H](CCCCNC(=O)CN(CCN(CC(=O)O)CC(=O)O)CC(=O)O)C(=O)Nc1ccc(CO)cc1. The van der Waals surface area contributed by atoms with Gasteiger partial charge in [-0.05, 0) is 55.7 Å². The van der Waals surface area contributed by atoms with Crippen molar-refractivity contribution in [2.45, 2.75) is 77.5 Å². The third-order valence-electron chi connectivity index (χ3n) is 9.80. The van der Waals surface area contributed by atoms with E-state index in [1.54, 1.807) is 38.1 Å². The molecule has 8 amide bonds. The summed E-state index contributed by atoms with van der Waals surface area (Å²) in [6, 6.07) is 4.01. The van der Waals surface area contributed by atoms with Crippen LogP contribution in [0.5, 0.6) is 0 Å². The summed E-state index contributed by atoms with van der Waals surface area (Å²) in [6.45, 7) is 0.0120. The Balaban J connectivity index is 1.91. The van der Waals surface area contributed by atoms with Crippen molar-refractivity contribution >= 4 is 70.9 Å². The van der Waals surface area contributed by atoms with E-state index in [-0.39, 0.29) is 63.9 Å². The van der Waals surface area contributed by atoms with Crippen molar-refractivity contribution in [2.75, 3.05) is 70.8 Å². The Morgan fingerprint density at radius 2 is 1.18 bits per heavy atom. The molecule has 0 aliphatic carbocycles. The van der Waals surface area contributed by atoms with Gasteiger partial charge in [0.2, 0.25) is 35.4 Å². The Hall–Kier alpha value is -6.79. The van der Waals surface area contributed by atoms with E-state index in [2.05, 4.69) is 31.9 Å². The van der Waals surface area contributed by atoms with E-state index in [0.717, 1.165) is 9.80 Å². The molecule has 1 aliphatic rings. The van der Waals surface area contributed by atoms with Gasteiger partial charge in [0.25, 0.3) is 11.8 Å². The van der Waals surface area contributed by atoms with Gasteiger partial charge in [-0.1, -0.05) is 32.4 Å². The van der Waals surface area contributed by atoms with Crippen molar-refractivity contribution in [3.63, 3.8) is 0 Å². The molecule has 2 atom stereocenters. The number of hydrogen-bond acceptors (Lipinski definition) is 14. The first kappa shape index (κ1) is 55.3. The largest absolute Gasteiger partial charge is 0.480 e. The van der Waals surface area contributed by atoms with Gasteiger partial charge in [0.15, 0.2) is 0 Å². The van der Waals surface area contributed by atoms with Crippen LogP contribution < -0.4 is 31.9 Å². The van der Waals surface area contributed by atoms with E-state index in [9.17, 15) is 63.0 Å². The van der Waals surface area contributed by atoms with E-state index in [1.165, 1.54) is 17.1 Å². The predicted molar refractivity (Wildman–Crippen MR) is 233 cm³/mol. The Bertz CT molecular complexity index is 1870. The maximum Gasteiger partial charge on any atom is 0.317 e. The van der Waals surface area contributed by atoms with Crippen LogP contribution >= 0.6 is 0 Å². The molecule has 1 aliphatic heterocycles. The maximum absolute atomic E-state index is 13.6. The zero-order chi connectivity index (χ0) is 49.2. The molecule has 0 spiro atoms. The first-order valence-electron chi connectivity index (χ1n) is 21.3. The second-order valence-corrected chi connectivity index (χ2v) is 15.7. The van der Waals surface area contributed by atoms with Gasteiger partial charge in [0, 0.05) is 50.4 Å². The molecule has 0 unspecified atom stereocenters. The molecular formula is C42H61N9O15. The molecule has 0 saturated carbocycles. The number of unbranched alkanes of at least 4 members (excludes halogenated alkanes) is 3. The molecule has 0 fully saturated rings. The number of nitrogens with zero attached hydrogens (tertiary/aromatic N) is 3. The fourth-order valence-corrected chi connectivity index (χ4v) is 6.35. The predicted octanol–water partition coefficient (Wildman–Crippen LogP) is -2.39. The summed E-state index contributed by atoms with van der Waals surface area (Å²) in [5.41, 5.74) is 0.961. The fraction of sp³-hybridized carbons (Fsp3) is 0.548. The average molecular weight is 932 g/mol. The highest BCUT2D eigenvalue weighted by molar-refractivity contribution is 6.12. The zero-order valence-corrected chi connectivity index (χ0v) is 37.0. The van der Waals surface area contributed by atoms with Gasteiger partial charge in [0.1, 0.15) is 12.1 Å². The van der Waals surface area contributed by atoms with Crippen LogP contribution in [0.1, 0.15) is 64.4 Å². The Morgan fingerprint density at radius 3 is 1.74 bits per heavy atom. The minimum Gasteiger partial charge on any atom is -0.480 e. The normalized spacial score (nSPS) is 13.0. The average Bonchev–Trinajstić information content (AvgIpc) is 3.57. The standard InChI is InChI=1S/C42H61N9O15/c1-27(2)40(48-33(55)21-45-32(54)20-44-31(53)9-4-3-7-17-51-35(57)14-15-36(51)58)42(66)47-30(41(65)46-29-12-10-28(26-52)11-13-29)8-5-6-16-43-34(56)22-49(23-37(59)60)18-19-50(24-38(61)62)25-39(63)64/h10-15,27,30,40,52H,3-9,16-26H2,1-2H3,(H,43,56)(H,44,53)(H,45,54)(H,46,65)(H,47,66)(H,48,55)(H,59,60)(H,61,62)(H,63,64)/t30-,40-/m0/s1. The van der Waals surface area contributed by atoms with Crippen LogP contribution in [0.15, 0.2) is 36.4 Å². The lowest BCUT2D eigenvalue weighted by molar-refractivity contribution is -0.143. The van der Waals surface area contributed by atoms with Gasteiger partial charge < -0.3 is 52.3 Å². The smallest absolute Gasteiger partial charge is 0.317 e. The molecule has 1 heterocycles. The summed E-state index contributed by atoms with van der Waals surface area (Å²) >= 11 is 0. The number of carbonyl (C=O) groups is 11. The number of hydrogen-bond donors (Lipinski definition) is 10. The summed E-state index contributed by atoms with van der Waals surface area (Å²) in [5.74, 6) is -8.77. The van der Waals surface area contributed by atoms with Crippen LogP contribution in [0.3, 0.4) is 0 Å². The lowest BCUT2D eigenvalue weighted by atomic mass is 10.0. The van der Waals surface area contributed by atoms with Crippen molar-refractivity contribution in [3.05, 3.63) is 42.0 Å². The summed E-state index contributed by atoms with van der Waals surface area (Å²) in [7, 11) is 0. The molecule has 24 nitrogen and oxygen atoms in total. The number of aliphatic carboxylic acids is 3. The molecule has 0 aromatic heterocycles. The van der Waals surface area contributed by atoms with Crippen molar-refractivity contribution in [1.82, 2.24) is 41.3 Å². The topological polar surface area (TPSA) is 351 Å². The summed E-state index contributed by atoms with van der Waals surface area (Å²) in [4.78, 5) is 138. The molecule has 364 valence electrons. The summed E-state index contributed by atoms with van der Waals surface area (Å²) < 4.78 is 0. The number of rotatable bonds is 33. The number of aliphatic hydroxyl groups excluding tert-OH is 1. The highest BCUT2D eigenvalue weighted by Gasteiger charge is 2.29. The van der Waals surface area contributed by atoms with Crippen LogP contribution in [0.25, 0.3) is 0 Å². The van der Waals surface area contributed by atoms with Crippen LogP contribution in [0.2, 0.25) is 0 Å². The van der Waals surface area contributed by atoms with E-state index in [4.69, 9.17) is 10.2 Å². The molecule has 1 aromatic carbocycles. The van der Waals surface area contributed by atoms with Crippen LogP contribution in [-0.2, 0) is 59.3 Å². The van der Waals surface area contributed by atoms with Crippen molar-refractivity contribution < 1.29 is 73.2 Å². The Morgan fingerprint density at radius 1 is 0.621 bits per heavy atom. The minimum atomic E-state index is -1.28. The van der Waals surface area contributed by atoms with Crippen molar-refractivity contribution in [2.24, 2.45) is 5.92 Å². The first-order valence-corrected chi connectivity index (χ1v) is 21.3. The number of amides is 8. The van der Waals surface area contributed by atoms with Crippen LogP contribution in [0, 0.1) is 5.92 Å². The lowest BCUT2D eigenvalue weighted by Crippen LogP contribution is -2.55. The first-order chi connectivity index (χ1) is 31.3. The number of nitrogens with one attached hydrogen (secondary N) is 6. The number of carboxylic acid groups (broad SMARTS) is 3. The highest BCUT2D eigenvalue weighted by atomic mass is 16.4. The van der Waals surface area contributed by atoms with E-state index in [1.807, 2.05) is 0 Å². The van der Waals surface area contributed by atoms with Crippen molar-refractivity contribution in [3.8, 4) is 0 Å². The number of benzene rings is 1. The third kappa shape index (κ3) is 22.7. The number of anilines is 1. The summed E-state index contributed by atoms with van der Waals surface area (Å²) in [6.07, 6.45) is 4.66. The molecule has 1 aromatic rings. The number of carbonyl (C=O) groups excluding carboxylic acids is 8. The van der Waals surface area contributed by atoms with E-state index >= 15 is 0 Å². The quantitative estimate of drug-likeness (QED) is 0.0260. The second kappa shape index (κ2) is 29.6. The lowest BCUT2D eigenvalue weighted by Gasteiger charge is -2.25. The van der Waals surface area contributed by atoms with E-state index in [0.29, 0.717) is 36.9 Å². The highest BCUT2D eigenvalue weighted by Crippen LogP contribution is 2.13. The molecular weight excluding hydrogens is 871 g/mol. The van der Waals surface area contributed by atoms with Gasteiger partial charge in [-0.2, -0.15) is 0 Å². The Labute approximate surface area is 380 Å². The van der Waals surface area contributed by atoms with Gasteiger partial charge in [0.05, 0.1) is 45.9 Å².